The molecule has 6 nitrogen and oxygen atoms in total. The molecule has 6 heteroatoms. The van der Waals surface area contributed by atoms with E-state index in [0.717, 1.165) is 51.4 Å². The summed E-state index contributed by atoms with van der Waals surface area (Å²) in [5, 5.41) is 22.9. The van der Waals surface area contributed by atoms with Crippen molar-refractivity contribution in [3.05, 3.63) is 36.5 Å². The summed E-state index contributed by atoms with van der Waals surface area (Å²) in [6.07, 6.45) is 63.1. The van der Waals surface area contributed by atoms with Crippen LogP contribution in [0.2, 0.25) is 0 Å². The number of esters is 1. The lowest BCUT2D eigenvalue weighted by Gasteiger charge is -2.20. The van der Waals surface area contributed by atoms with Gasteiger partial charge in [0.2, 0.25) is 5.91 Å². The van der Waals surface area contributed by atoms with Crippen LogP contribution in [0, 0.1) is 0 Å². The van der Waals surface area contributed by atoms with Crippen LogP contribution in [0.4, 0.5) is 0 Å². The predicted molar refractivity (Wildman–Crippen MR) is 269 cm³/mol. The molecule has 2 unspecified atom stereocenters. The van der Waals surface area contributed by atoms with E-state index in [1.165, 1.54) is 205 Å². The maximum Gasteiger partial charge on any atom is 0.305 e. The number of nitrogens with one attached hydrogen (secondary N) is 1. The Morgan fingerprint density at radius 1 is 0.435 bits per heavy atom. The number of hydrogen-bond donors (Lipinski definition) is 3. The van der Waals surface area contributed by atoms with Crippen LogP contribution >= 0.6 is 0 Å². The summed E-state index contributed by atoms with van der Waals surface area (Å²) in [5.41, 5.74) is 0. The lowest BCUT2D eigenvalue weighted by atomic mass is 10.0. The van der Waals surface area contributed by atoms with E-state index in [4.69, 9.17) is 4.74 Å². The number of carbonyl (C=O) groups excluding carboxylic acids is 2. The molecule has 0 spiro atoms. The van der Waals surface area contributed by atoms with E-state index >= 15 is 0 Å². The van der Waals surface area contributed by atoms with Crippen molar-refractivity contribution in [3.8, 4) is 0 Å². The average Bonchev–Trinajstić information content (AvgIpc) is 3.27. The van der Waals surface area contributed by atoms with Crippen molar-refractivity contribution >= 4 is 11.9 Å². The molecule has 0 aromatic rings. The molecule has 0 saturated carbocycles. The molecule has 0 saturated heterocycles. The number of amides is 1. The molecule has 0 heterocycles. The molecular formula is C56H105NO5. The lowest BCUT2D eigenvalue weighted by molar-refractivity contribution is -0.143. The molecule has 0 aromatic carbocycles. The maximum atomic E-state index is 12.4. The summed E-state index contributed by atoms with van der Waals surface area (Å²) in [4.78, 5) is 24.4. The zero-order valence-electron chi connectivity index (χ0n) is 41.4. The topological polar surface area (TPSA) is 95.9 Å². The van der Waals surface area contributed by atoms with Crippen molar-refractivity contribution in [1.82, 2.24) is 5.32 Å². The van der Waals surface area contributed by atoms with E-state index in [2.05, 4.69) is 43.5 Å². The Balaban J connectivity index is 3.41. The Labute approximate surface area is 385 Å². The first-order valence-corrected chi connectivity index (χ1v) is 27.3. The van der Waals surface area contributed by atoms with Crippen molar-refractivity contribution in [2.75, 3.05) is 13.2 Å². The molecule has 0 radical (unpaired) electrons. The SMILES string of the molecule is CCCCCC/C=C\CCCCCCCC(=O)OCCCCCCCCCCCCCC/C=C\CCCCCCCCCC(=O)NC(CO)C(O)/C=C/CCCCCCCCC. The van der Waals surface area contributed by atoms with Gasteiger partial charge in [0, 0.05) is 12.8 Å². The first kappa shape index (κ1) is 60.1. The summed E-state index contributed by atoms with van der Waals surface area (Å²) >= 11 is 0. The first-order chi connectivity index (χ1) is 30.5. The monoisotopic (exact) mass is 872 g/mol. The van der Waals surface area contributed by atoms with Crippen molar-refractivity contribution in [3.63, 3.8) is 0 Å². The average molecular weight is 872 g/mol. The fourth-order valence-electron chi connectivity index (χ4n) is 8.15. The number of aliphatic hydroxyl groups excluding tert-OH is 2. The minimum Gasteiger partial charge on any atom is -0.466 e. The highest BCUT2D eigenvalue weighted by Crippen LogP contribution is 2.15. The molecular weight excluding hydrogens is 767 g/mol. The zero-order chi connectivity index (χ0) is 45.1. The molecule has 0 aliphatic heterocycles. The summed E-state index contributed by atoms with van der Waals surface area (Å²) in [5.74, 6) is -0.0766. The summed E-state index contributed by atoms with van der Waals surface area (Å²) in [6, 6.07) is -0.630. The van der Waals surface area contributed by atoms with Crippen LogP contribution in [0.3, 0.4) is 0 Å². The molecule has 3 N–H and O–H groups in total. The molecule has 0 aromatic heterocycles. The Hall–Kier alpha value is -1.92. The Bertz CT molecular complexity index is 1010. The van der Waals surface area contributed by atoms with Gasteiger partial charge in [-0.3, -0.25) is 9.59 Å². The molecule has 0 aliphatic carbocycles. The van der Waals surface area contributed by atoms with Gasteiger partial charge in [-0.15, -0.1) is 0 Å². The molecule has 0 aliphatic rings. The van der Waals surface area contributed by atoms with Crippen molar-refractivity contribution in [2.24, 2.45) is 0 Å². The van der Waals surface area contributed by atoms with Crippen LogP contribution in [0.15, 0.2) is 36.5 Å². The normalized spacial score (nSPS) is 12.9. The van der Waals surface area contributed by atoms with Gasteiger partial charge in [-0.05, 0) is 83.5 Å². The molecule has 0 rings (SSSR count). The highest BCUT2D eigenvalue weighted by atomic mass is 16.5. The van der Waals surface area contributed by atoms with Crippen LogP contribution < -0.4 is 5.32 Å². The van der Waals surface area contributed by atoms with Gasteiger partial charge in [-0.1, -0.05) is 224 Å². The number of unbranched alkanes of at least 4 members (excludes halogenated alkanes) is 35. The van der Waals surface area contributed by atoms with Gasteiger partial charge >= 0.3 is 5.97 Å². The number of carbonyl (C=O) groups is 2. The van der Waals surface area contributed by atoms with Crippen LogP contribution in [-0.2, 0) is 14.3 Å². The fraction of sp³-hybridized carbons (Fsp3) is 0.857. The Morgan fingerprint density at radius 2 is 0.758 bits per heavy atom. The highest BCUT2D eigenvalue weighted by molar-refractivity contribution is 5.76. The number of allylic oxidation sites excluding steroid dienone is 5. The zero-order valence-corrected chi connectivity index (χ0v) is 41.4. The molecule has 0 fully saturated rings. The number of aliphatic hydroxyl groups is 2. The van der Waals surface area contributed by atoms with E-state index < -0.39 is 12.1 Å². The lowest BCUT2D eigenvalue weighted by Crippen LogP contribution is -2.45. The molecule has 0 bridgehead atoms. The Morgan fingerprint density at radius 3 is 1.16 bits per heavy atom. The predicted octanol–water partition coefficient (Wildman–Crippen LogP) is 16.5. The molecule has 1 amide bonds. The highest BCUT2D eigenvalue weighted by Gasteiger charge is 2.18. The molecule has 62 heavy (non-hydrogen) atoms. The quantitative estimate of drug-likeness (QED) is 0.0321. The number of ether oxygens (including phenoxy) is 1. The van der Waals surface area contributed by atoms with E-state index in [-0.39, 0.29) is 18.5 Å². The second-order valence-corrected chi connectivity index (χ2v) is 18.5. The van der Waals surface area contributed by atoms with E-state index in [1.54, 1.807) is 6.08 Å². The van der Waals surface area contributed by atoms with E-state index in [0.29, 0.717) is 19.4 Å². The van der Waals surface area contributed by atoms with Gasteiger partial charge in [0.05, 0.1) is 25.4 Å². The third-order valence-electron chi connectivity index (χ3n) is 12.4. The van der Waals surface area contributed by atoms with Crippen molar-refractivity contribution < 1.29 is 24.5 Å². The third kappa shape index (κ3) is 47.6. The van der Waals surface area contributed by atoms with Gasteiger partial charge in [0.25, 0.3) is 0 Å². The largest absolute Gasteiger partial charge is 0.466 e. The van der Waals surface area contributed by atoms with E-state index in [9.17, 15) is 19.8 Å². The smallest absolute Gasteiger partial charge is 0.305 e. The van der Waals surface area contributed by atoms with Crippen LogP contribution in [-0.4, -0.2) is 47.4 Å². The minimum atomic E-state index is -0.846. The third-order valence-corrected chi connectivity index (χ3v) is 12.4. The summed E-state index contributed by atoms with van der Waals surface area (Å²) in [6.45, 7) is 4.85. The summed E-state index contributed by atoms with van der Waals surface area (Å²) < 4.78 is 5.46. The van der Waals surface area contributed by atoms with Gasteiger partial charge in [-0.25, -0.2) is 0 Å². The second-order valence-electron chi connectivity index (χ2n) is 18.5. The van der Waals surface area contributed by atoms with Gasteiger partial charge in [-0.2, -0.15) is 0 Å². The van der Waals surface area contributed by atoms with Gasteiger partial charge < -0.3 is 20.3 Å². The van der Waals surface area contributed by atoms with Crippen LogP contribution in [0.5, 0.6) is 0 Å². The number of rotatable bonds is 50. The van der Waals surface area contributed by atoms with Crippen molar-refractivity contribution in [1.29, 1.82) is 0 Å². The van der Waals surface area contributed by atoms with Crippen LogP contribution in [0.1, 0.15) is 284 Å². The second kappa shape index (κ2) is 51.7. The van der Waals surface area contributed by atoms with Crippen LogP contribution in [0.25, 0.3) is 0 Å². The Kier molecular flexibility index (Phi) is 50.1. The molecule has 364 valence electrons. The van der Waals surface area contributed by atoms with Gasteiger partial charge in [0.15, 0.2) is 0 Å². The number of hydrogen-bond acceptors (Lipinski definition) is 5. The maximum absolute atomic E-state index is 12.4. The van der Waals surface area contributed by atoms with Gasteiger partial charge in [0.1, 0.15) is 0 Å². The standard InChI is InChI=1S/C56H105NO5/c1-3-5-7-9-11-13-14-26-30-34-38-42-46-50-56(61)62-51-47-43-39-35-31-28-25-23-21-19-17-15-16-18-20-22-24-27-29-33-37-41-45-49-55(60)57-53(52-58)54(59)48-44-40-36-32-12-10-8-6-4-2/h13-14,18,20,44,48,53-54,58-59H,3-12,15-17,19,21-43,45-47,49-52H2,1-2H3,(H,57,60)/b14-13-,20-18-,48-44+. The summed E-state index contributed by atoms with van der Waals surface area (Å²) in [7, 11) is 0. The first-order valence-electron chi connectivity index (χ1n) is 27.3. The fourth-order valence-corrected chi connectivity index (χ4v) is 8.15. The van der Waals surface area contributed by atoms with Crippen molar-refractivity contribution in [2.45, 2.75) is 296 Å². The molecule has 2 atom stereocenters. The van der Waals surface area contributed by atoms with E-state index in [1.807, 2.05) is 6.08 Å². The minimum absolute atomic E-state index is 0.000987.